The van der Waals surface area contributed by atoms with Crippen molar-refractivity contribution in [3.05, 3.63) is 52.7 Å². The summed E-state index contributed by atoms with van der Waals surface area (Å²) in [5.74, 6) is 0.832. The Hall–Kier alpha value is -1.58. The van der Waals surface area contributed by atoms with E-state index < -0.39 is 0 Å². The van der Waals surface area contributed by atoms with E-state index in [0.29, 0.717) is 11.6 Å². The predicted octanol–water partition coefficient (Wildman–Crippen LogP) is 3.67. The van der Waals surface area contributed by atoms with E-state index in [9.17, 15) is 0 Å². The summed E-state index contributed by atoms with van der Waals surface area (Å²) in [4.78, 5) is 6.75. The van der Waals surface area contributed by atoms with Crippen LogP contribution >= 0.6 is 11.6 Å². The van der Waals surface area contributed by atoms with Crippen LogP contribution in [0.5, 0.6) is 0 Å². The second-order valence-corrected chi connectivity index (χ2v) is 5.50. The number of anilines is 2. The molecule has 1 aliphatic heterocycles. The van der Waals surface area contributed by atoms with Crippen molar-refractivity contribution >= 4 is 23.1 Å². The molecule has 104 valence electrons. The monoisotopic (exact) mass is 287 g/mol. The Labute approximate surface area is 124 Å². The molecule has 2 N–H and O–H groups in total. The smallest absolute Gasteiger partial charge is 0.151 e. The number of para-hydroxylation sites is 1. The van der Waals surface area contributed by atoms with Gasteiger partial charge in [0.1, 0.15) is 0 Å². The zero-order chi connectivity index (χ0) is 13.9. The van der Waals surface area contributed by atoms with E-state index in [1.54, 1.807) is 0 Å². The SMILES string of the molecule is NCc1cnc(N2CCCCc3ccccc32)c(Cl)c1. The van der Waals surface area contributed by atoms with Gasteiger partial charge in [-0.1, -0.05) is 29.8 Å². The van der Waals surface area contributed by atoms with Crippen LogP contribution in [0.15, 0.2) is 36.5 Å². The van der Waals surface area contributed by atoms with Crippen LogP contribution in [0.3, 0.4) is 0 Å². The highest BCUT2D eigenvalue weighted by atomic mass is 35.5. The Morgan fingerprint density at radius 2 is 2.10 bits per heavy atom. The highest BCUT2D eigenvalue weighted by Gasteiger charge is 2.19. The van der Waals surface area contributed by atoms with Crippen molar-refractivity contribution in [2.45, 2.75) is 25.8 Å². The van der Waals surface area contributed by atoms with Crippen molar-refractivity contribution in [2.75, 3.05) is 11.4 Å². The van der Waals surface area contributed by atoms with E-state index in [-0.39, 0.29) is 0 Å². The van der Waals surface area contributed by atoms with Gasteiger partial charge in [-0.05, 0) is 42.5 Å². The summed E-state index contributed by atoms with van der Waals surface area (Å²) >= 11 is 6.40. The fourth-order valence-electron chi connectivity index (χ4n) is 2.69. The van der Waals surface area contributed by atoms with Crippen LogP contribution in [-0.4, -0.2) is 11.5 Å². The first-order valence-corrected chi connectivity index (χ1v) is 7.37. The van der Waals surface area contributed by atoms with Crippen LogP contribution in [0, 0.1) is 0 Å². The van der Waals surface area contributed by atoms with Crippen LogP contribution in [0.4, 0.5) is 11.5 Å². The second-order valence-electron chi connectivity index (χ2n) is 5.09. The van der Waals surface area contributed by atoms with E-state index in [1.807, 2.05) is 12.3 Å². The average molecular weight is 288 g/mol. The van der Waals surface area contributed by atoms with Crippen molar-refractivity contribution < 1.29 is 0 Å². The van der Waals surface area contributed by atoms with Crippen LogP contribution in [0.1, 0.15) is 24.0 Å². The number of halogens is 1. The number of aryl methyl sites for hydroxylation is 1. The number of rotatable bonds is 2. The Morgan fingerprint density at radius 1 is 1.25 bits per heavy atom. The van der Waals surface area contributed by atoms with Gasteiger partial charge in [0.25, 0.3) is 0 Å². The Kier molecular flexibility index (Phi) is 3.90. The number of pyridine rings is 1. The van der Waals surface area contributed by atoms with Crippen molar-refractivity contribution in [3.8, 4) is 0 Å². The molecule has 0 saturated heterocycles. The van der Waals surface area contributed by atoms with Gasteiger partial charge in [-0.15, -0.1) is 0 Å². The zero-order valence-electron chi connectivity index (χ0n) is 11.3. The van der Waals surface area contributed by atoms with Gasteiger partial charge in [0, 0.05) is 25.0 Å². The number of hydrogen-bond donors (Lipinski definition) is 1. The first-order valence-electron chi connectivity index (χ1n) is 6.99. The van der Waals surface area contributed by atoms with Crippen molar-refractivity contribution in [2.24, 2.45) is 5.73 Å². The molecule has 2 heterocycles. The Morgan fingerprint density at radius 3 is 2.90 bits per heavy atom. The van der Waals surface area contributed by atoms with Crippen LogP contribution in [0.2, 0.25) is 5.02 Å². The molecule has 20 heavy (non-hydrogen) atoms. The van der Waals surface area contributed by atoms with E-state index in [2.05, 4.69) is 34.1 Å². The van der Waals surface area contributed by atoms with Crippen molar-refractivity contribution in [1.29, 1.82) is 0 Å². The Balaban J connectivity index is 2.05. The number of hydrogen-bond acceptors (Lipinski definition) is 3. The maximum atomic E-state index is 6.40. The maximum Gasteiger partial charge on any atom is 0.151 e. The van der Waals surface area contributed by atoms with Crippen LogP contribution in [-0.2, 0) is 13.0 Å². The standard InChI is InChI=1S/C16H18ClN3/c17-14-9-12(10-18)11-19-16(14)20-8-4-3-6-13-5-1-2-7-15(13)20/h1-2,5,7,9,11H,3-4,6,8,10,18H2. The maximum absolute atomic E-state index is 6.40. The molecule has 1 aliphatic rings. The molecule has 0 spiro atoms. The lowest BCUT2D eigenvalue weighted by Crippen LogP contribution is -2.19. The van der Waals surface area contributed by atoms with Gasteiger partial charge in [0.05, 0.1) is 5.02 Å². The second kappa shape index (κ2) is 5.81. The minimum Gasteiger partial charge on any atom is -0.326 e. The highest BCUT2D eigenvalue weighted by molar-refractivity contribution is 6.33. The predicted molar refractivity (Wildman–Crippen MR) is 83.5 cm³/mol. The largest absolute Gasteiger partial charge is 0.326 e. The lowest BCUT2D eigenvalue weighted by molar-refractivity contribution is 0.757. The van der Waals surface area contributed by atoms with Gasteiger partial charge in [-0.3, -0.25) is 0 Å². The lowest BCUT2D eigenvalue weighted by Gasteiger charge is -2.25. The number of benzene rings is 1. The van der Waals surface area contributed by atoms with Gasteiger partial charge in [-0.2, -0.15) is 0 Å². The van der Waals surface area contributed by atoms with E-state index in [1.165, 1.54) is 17.7 Å². The first-order chi connectivity index (χ1) is 9.79. The molecule has 0 radical (unpaired) electrons. The molecule has 0 bridgehead atoms. The first kappa shape index (κ1) is 13.4. The van der Waals surface area contributed by atoms with E-state index in [4.69, 9.17) is 17.3 Å². The average Bonchev–Trinajstić information content (AvgIpc) is 2.69. The molecule has 0 amide bonds. The zero-order valence-corrected chi connectivity index (χ0v) is 12.1. The molecule has 0 aliphatic carbocycles. The van der Waals surface area contributed by atoms with Gasteiger partial charge < -0.3 is 10.6 Å². The highest BCUT2D eigenvalue weighted by Crippen LogP contribution is 2.35. The van der Waals surface area contributed by atoms with Crippen molar-refractivity contribution in [3.63, 3.8) is 0 Å². The number of fused-ring (bicyclic) bond motifs is 1. The van der Waals surface area contributed by atoms with Crippen molar-refractivity contribution in [1.82, 2.24) is 4.98 Å². The summed E-state index contributed by atoms with van der Waals surface area (Å²) in [5, 5.41) is 0.671. The molecule has 3 rings (SSSR count). The molecule has 0 unspecified atom stereocenters. The fourth-order valence-corrected chi connectivity index (χ4v) is 2.98. The minimum absolute atomic E-state index is 0.462. The molecule has 2 aromatic rings. The molecule has 4 heteroatoms. The van der Waals surface area contributed by atoms with Gasteiger partial charge in [0.15, 0.2) is 5.82 Å². The molecule has 1 aromatic carbocycles. The van der Waals surface area contributed by atoms with Gasteiger partial charge in [-0.25, -0.2) is 4.98 Å². The third-order valence-electron chi connectivity index (χ3n) is 3.73. The quantitative estimate of drug-likeness (QED) is 0.916. The summed E-state index contributed by atoms with van der Waals surface area (Å²) in [5.41, 5.74) is 9.19. The van der Waals surface area contributed by atoms with Crippen LogP contribution < -0.4 is 10.6 Å². The third-order valence-corrected chi connectivity index (χ3v) is 4.01. The van der Waals surface area contributed by atoms with Gasteiger partial charge in [0.2, 0.25) is 0 Å². The molecular formula is C16H18ClN3. The summed E-state index contributed by atoms with van der Waals surface area (Å²) < 4.78 is 0. The van der Waals surface area contributed by atoms with E-state index >= 15 is 0 Å². The molecule has 0 saturated carbocycles. The molecule has 0 fully saturated rings. The molecule has 3 nitrogen and oxygen atoms in total. The molecule has 0 atom stereocenters. The number of nitrogens with two attached hydrogens (primary N) is 1. The number of aromatic nitrogens is 1. The summed E-state index contributed by atoms with van der Waals surface area (Å²) in [7, 11) is 0. The normalized spacial score (nSPS) is 14.8. The minimum atomic E-state index is 0.462. The number of nitrogens with zero attached hydrogens (tertiary/aromatic N) is 2. The fraction of sp³-hybridized carbons (Fsp3) is 0.312. The lowest BCUT2D eigenvalue weighted by atomic mass is 10.1. The summed E-state index contributed by atoms with van der Waals surface area (Å²) in [6.45, 7) is 1.41. The summed E-state index contributed by atoms with van der Waals surface area (Å²) in [6.07, 6.45) is 5.28. The molecular weight excluding hydrogens is 270 g/mol. The summed E-state index contributed by atoms with van der Waals surface area (Å²) in [6, 6.07) is 10.4. The third kappa shape index (κ3) is 2.51. The topological polar surface area (TPSA) is 42.1 Å². The van der Waals surface area contributed by atoms with Crippen LogP contribution in [0.25, 0.3) is 0 Å². The molecule has 1 aromatic heterocycles. The Bertz CT molecular complexity index is 612. The van der Waals surface area contributed by atoms with Gasteiger partial charge >= 0.3 is 0 Å². The van der Waals surface area contributed by atoms with E-state index in [0.717, 1.165) is 30.8 Å².